The van der Waals surface area contributed by atoms with Gasteiger partial charge in [0.05, 0.1) is 26.4 Å². The van der Waals surface area contributed by atoms with Gasteiger partial charge in [-0.2, -0.15) is 0 Å². The smallest absolute Gasteiger partial charge is 0.488 e. The highest BCUT2D eigenvalue weighted by atomic mass is 79.9. The van der Waals surface area contributed by atoms with Gasteiger partial charge in [0.15, 0.2) is 0 Å². The number of nitrogens with zero attached hydrogens (tertiary/aromatic N) is 1. The van der Waals surface area contributed by atoms with Gasteiger partial charge in [-0.15, -0.1) is 0 Å². The Morgan fingerprint density at radius 1 is 0.437 bits per heavy atom. The number of unbranched alkanes of at least 4 members (excludes halogenated alkanes) is 9. The number of benzene rings is 5. The lowest BCUT2D eigenvalue weighted by Crippen LogP contribution is -2.29. The molecule has 0 saturated carbocycles. The summed E-state index contributed by atoms with van der Waals surface area (Å²) in [6, 6.07) is 47.1. The third-order valence-corrected chi connectivity index (χ3v) is 11.6. The van der Waals surface area contributed by atoms with E-state index in [2.05, 4.69) is 84.0 Å². The summed E-state index contributed by atoms with van der Waals surface area (Å²) in [5, 5.41) is 34.9. The van der Waals surface area contributed by atoms with Gasteiger partial charge in [0.25, 0.3) is 0 Å². The zero-order chi connectivity index (χ0) is 51.4. The number of aliphatic hydroxyl groups is 2. The maximum absolute atomic E-state index is 8.94. The van der Waals surface area contributed by atoms with Crippen molar-refractivity contribution < 1.29 is 43.9 Å². The fourth-order valence-electron chi connectivity index (χ4n) is 6.07. The standard InChI is InChI=1S/C19H23BrO2.C13H21BO5.C12H17BrO2.C7H8.C6H6BrN/c20-18-10-12-19(13-11-18)22-15-7-2-1-6-14-21-16-17-8-4-3-5-9-17;15-11-18-9-3-1-2-4-10-19-13-7-5-12(6-8-13)14(16)17;13-11-5-7-12(8-6-11)15-10-4-2-1-3-9-14;1-7-5-3-2-4-6-7;1-5-2-3-6(7)8-4-5/h3-5,8-13H,1-2,6-7,14-16H2;5-8,15-17H,1-4,9-11H2;5-8,14H,1-4,9-10H2;2-6H,1H3;2-4H,1H3. The van der Waals surface area contributed by atoms with Crippen LogP contribution in [0.1, 0.15) is 93.7 Å². The van der Waals surface area contributed by atoms with Crippen LogP contribution in [0.5, 0.6) is 17.2 Å². The fourth-order valence-corrected chi connectivity index (χ4v) is 6.83. The van der Waals surface area contributed by atoms with Gasteiger partial charge in [-0.3, -0.25) is 0 Å². The predicted octanol–water partition coefficient (Wildman–Crippen LogP) is 13.4. The highest BCUT2D eigenvalue weighted by Gasteiger charge is 2.09. The summed E-state index contributed by atoms with van der Waals surface area (Å²) in [6.45, 7) is 8.52. The summed E-state index contributed by atoms with van der Waals surface area (Å²) in [6.07, 6.45) is 14.6. The van der Waals surface area contributed by atoms with E-state index in [0.29, 0.717) is 31.9 Å². The Labute approximate surface area is 449 Å². The second-order valence-electron chi connectivity index (χ2n) is 16.3. The summed E-state index contributed by atoms with van der Waals surface area (Å²) in [7, 11) is -1.44. The Balaban J connectivity index is 0.000000321. The third kappa shape index (κ3) is 36.5. The quantitative estimate of drug-likeness (QED) is 0.0171. The lowest BCUT2D eigenvalue weighted by molar-refractivity contribution is -0.00289. The molecule has 1 aromatic heterocycles. The monoisotopic (exact) mass is 1170 g/mol. The minimum Gasteiger partial charge on any atom is -0.494 e. The molecule has 0 aliphatic carbocycles. The molecule has 0 bridgehead atoms. The van der Waals surface area contributed by atoms with Crippen molar-refractivity contribution in [1.82, 2.24) is 4.98 Å². The molecular formula is C57H75BBr3NO9. The lowest BCUT2D eigenvalue weighted by atomic mass is 9.80. The number of pyridine rings is 1. The van der Waals surface area contributed by atoms with Crippen LogP contribution >= 0.6 is 47.8 Å². The molecule has 0 aliphatic heterocycles. The Hall–Kier alpha value is -4.09. The molecule has 386 valence electrons. The Kier molecular flexibility index (Phi) is 38.6. The van der Waals surface area contributed by atoms with Crippen LogP contribution in [0.25, 0.3) is 0 Å². The van der Waals surface area contributed by atoms with E-state index in [1.165, 1.54) is 29.5 Å². The first kappa shape index (κ1) is 63.0. The van der Waals surface area contributed by atoms with E-state index in [9.17, 15) is 0 Å². The van der Waals surface area contributed by atoms with Crippen LogP contribution in [0.15, 0.2) is 165 Å². The predicted molar refractivity (Wildman–Crippen MR) is 301 cm³/mol. The summed E-state index contributed by atoms with van der Waals surface area (Å²) in [5.74, 6) is 2.59. The molecule has 0 unspecified atom stereocenters. The molecule has 0 radical (unpaired) electrons. The van der Waals surface area contributed by atoms with Gasteiger partial charge in [-0.05, 0) is 171 Å². The number of aromatic nitrogens is 1. The molecule has 4 N–H and O–H groups in total. The van der Waals surface area contributed by atoms with E-state index in [1.54, 1.807) is 24.3 Å². The number of aliphatic hydroxyl groups excluding tert-OH is 2. The molecule has 1 heterocycles. The first-order valence-electron chi connectivity index (χ1n) is 24.5. The molecule has 71 heavy (non-hydrogen) atoms. The van der Waals surface area contributed by atoms with Gasteiger partial charge in [0, 0.05) is 35.0 Å². The zero-order valence-corrected chi connectivity index (χ0v) is 46.3. The van der Waals surface area contributed by atoms with Gasteiger partial charge < -0.3 is 43.9 Å². The lowest BCUT2D eigenvalue weighted by Gasteiger charge is -2.07. The van der Waals surface area contributed by atoms with Gasteiger partial charge in [0.2, 0.25) is 0 Å². The molecule has 0 saturated heterocycles. The Morgan fingerprint density at radius 2 is 0.859 bits per heavy atom. The van der Waals surface area contributed by atoms with Crippen molar-refractivity contribution in [1.29, 1.82) is 0 Å². The molecule has 10 nitrogen and oxygen atoms in total. The molecule has 0 spiro atoms. The first-order valence-corrected chi connectivity index (χ1v) is 26.8. The molecule has 6 aromatic rings. The van der Waals surface area contributed by atoms with Crippen molar-refractivity contribution >= 4 is 60.4 Å². The van der Waals surface area contributed by atoms with E-state index >= 15 is 0 Å². The van der Waals surface area contributed by atoms with E-state index in [1.807, 2.05) is 110 Å². The average Bonchev–Trinajstić information content (AvgIpc) is 3.39. The van der Waals surface area contributed by atoms with Crippen molar-refractivity contribution in [3.8, 4) is 17.2 Å². The number of ether oxygens (including phenoxy) is 5. The van der Waals surface area contributed by atoms with Crippen LogP contribution < -0.4 is 19.7 Å². The van der Waals surface area contributed by atoms with Crippen LogP contribution in [0.4, 0.5) is 0 Å². The van der Waals surface area contributed by atoms with E-state index in [-0.39, 0.29) is 6.79 Å². The SMILES string of the molecule is Brc1ccc(OCCCCCCOCc2ccccc2)cc1.Cc1ccc(Br)nc1.Cc1ccccc1.OCCCCCCOc1ccc(Br)cc1.OCOCCCCCCOc1ccc(B(O)O)cc1. The maximum Gasteiger partial charge on any atom is 0.488 e. The minimum atomic E-state index is -1.44. The van der Waals surface area contributed by atoms with Gasteiger partial charge in [-0.1, -0.05) is 136 Å². The highest BCUT2D eigenvalue weighted by Crippen LogP contribution is 2.18. The molecule has 6 rings (SSSR count). The van der Waals surface area contributed by atoms with E-state index in [4.69, 9.17) is 43.9 Å². The summed E-state index contributed by atoms with van der Waals surface area (Å²) >= 11 is 10.0. The molecular weight excluding hydrogens is 1090 g/mol. The van der Waals surface area contributed by atoms with Crippen LogP contribution in [0, 0.1) is 13.8 Å². The number of aryl methyl sites for hydroxylation is 2. The second kappa shape index (κ2) is 43.5. The summed E-state index contributed by atoms with van der Waals surface area (Å²) in [4.78, 5) is 4.00. The molecule has 0 amide bonds. The Morgan fingerprint density at radius 3 is 1.24 bits per heavy atom. The largest absolute Gasteiger partial charge is 0.494 e. The van der Waals surface area contributed by atoms with Crippen molar-refractivity contribution in [3.05, 3.63) is 182 Å². The fraction of sp³-hybridized carbons (Fsp3) is 0.386. The first-order chi connectivity index (χ1) is 34.6. The van der Waals surface area contributed by atoms with Crippen LogP contribution in [-0.4, -0.2) is 78.8 Å². The summed E-state index contributed by atoms with van der Waals surface area (Å²) in [5.41, 5.74) is 4.21. The number of hydrogen-bond acceptors (Lipinski definition) is 10. The average molecular weight is 1170 g/mol. The number of rotatable bonds is 27. The third-order valence-electron chi connectivity index (χ3n) is 10.0. The Bertz CT molecular complexity index is 2070. The molecule has 5 aromatic carbocycles. The van der Waals surface area contributed by atoms with E-state index < -0.39 is 7.12 Å². The van der Waals surface area contributed by atoms with E-state index in [0.717, 1.165) is 115 Å². The summed E-state index contributed by atoms with van der Waals surface area (Å²) < 4.78 is 30.3. The van der Waals surface area contributed by atoms with Gasteiger partial charge >= 0.3 is 7.12 Å². The van der Waals surface area contributed by atoms with Crippen molar-refractivity contribution in [2.75, 3.05) is 46.4 Å². The maximum atomic E-state index is 8.94. The van der Waals surface area contributed by atoms with Crippen molar-refractivity contribution in [2.45, 2.75) is 97.5 Å². The van der Waals surface area contributed by atoms with Gasteiger partial charge in [0.1, 0.15) is 28.6 Å². The second-order valence-corrected chi connectivity index (χ2v) is 18.9. The van der Waals surface area contributed by atoms with Crippen molar-refractivity contribution in [3.63, 3.8) is 0 Å². The minimum absolute atomic E-state index is 0.207. The molecule has 0 atom stereocenters. The molecule has 0 aliphatic rings. The highest BCUT2D eigenvalue weighted by molar-refractivity contribution is 9.11. The number of halogens is 3. The molecule has 0 fully saturated rings. The molecule has 14 heteroatoms. The number of hydrogen-bond donors (Lipinski definition) is 4. The van der Waals surface area contributed by atoms with Crippen LogP contribution in [0.2, 0.25) is 0 Å². The van der Waals surface area contributed by atoms with Gasteiger partial charge in [-0.25, -0.2) is 4.98 Å². The zero-order valence-electron chi connectivity index (χ0n) is 41.6. The van der Waals surface area contributed by atoms with Crippen LogP contribution in [-0.2, 0) is 16.1 Å². The normalized spacial score (nSPS) is 10.2. The van der Waals surface area contributed by atoms with Crippen LogP contribution in [0.3, 0.4) is 0 Å². The van der Waals surface area contributed by atoms with Crippen molar-refractivity contribution in [2.24, 2.45) is 0 Å². The topological polar surface area (TPSA) is 140 Å².